The van der Waals surface area contributed by atoms with Crippen LogP contribution in [0.3, 0.4) is 0 Å². The average molecular weight is 295 g/mol. The summed E-state index contributed by atoms with van der Waals surface area (Å²) in [5.74, 6) is -0.493. The summed E-state index contributed by atoms with van der Waals surface area (Å²) in [7, 11) is 0. The van der Waals surface area contributed by atoms with Gasteiger partial charge in [-0.3, -0.25) is 9.78 Å². The van der Waals surface area contributed by atoms with E-state index in [2.05, 4.69) is 15.3 Å². The van der Waals surface area contributed by atoms with E-state index in [4.69, 9.17) is 0 Å². The van der Waals surface area contributed by atoms with Crippen LogP contribution < -0.4 is 5.32 Å². The Labute approximate surface area is 119 Å². The molecule has 2 rings (SSSR count). The Morgan fingerprint density at radius 1 is 1.29 bits per heavy atom. The summed E-state index contributed by atoms with van der Waals surface area (Å²) in [4.78, 5) is 19.5. The van der Waals surface area contributed by atoms with E-state index < -0.39 is 23.7 Å². The number of alkyl halides is 3. The summed E-state index contributed by atoms with van der Waals surface area (Å²) in [5, 5.41) is 2.58. The lowest BCUT2D eigenvalue weighted by molar-refractivity contribution is -0.137. The van der Waals surface area contributed by atoms with Crippen LogP contribution in [0, 0.1) is 0 Å². The Balaban J connectivity index is 2.14. The molecule has 4 nitrogen and oxygen atoms in total. The van der Waals surface area contributed by atoms with Gasteiger partial charge < -0.3 is 5.32 Å². The van der Waals surface area contributed by atoms with Crippen molar-refractivity contribution in [3.05, 3.63) is 59.7 Å². The number of hydrogen-bond donors (Lipinski definition) is 1. The van der Waals surface area contributed by atoms with Gasteiger partial charge in [0, 0.05) is 12.4 Å². The van der Waals surface area contributed by atoms with Crippen molar-refractivity contribution in [1.82, 2.24) is 15.3 Å². The Bertz CT molecular complexity index is 629. The Morgan fingerprint density at radius 2 is 2.05 bits per heavy atom. The molecule has 0 radical (unpaired) electrons. The minimum Gasteiger partial charge on any atom is -0.344 e. The lowest BCUT2D eigenvalue weighted by Gasteiger charge is -2.15. The quantitative estimate of drug-likeness (QED) is 0.947. The van der Waals surface area contributed by atoms with E-state index in [1.165, 1.54) is 30.7 Å². The molecule has 0 unspecified atom stereocenters. The van der Waals surface area contributed by atoms with Gasteiger partial charge in [-0.15, -0.1) is 0 Å². The zero-order chi connectivity index (χ0) is 15.5. The minimum atomic E-state index is -4.41. The number of aromatic nitrogens is 2. The molecule has 0 spiro atoms. The van der Waals surface area contributed by atoms with Crippen LogP contribution in [0.1, 0.15) is 34.6 Å². The molecule has 1 aromatic carbocycles. The molecular weight excluding hydrogens is 283 g/mol. The summed E-state index contributed by atoms with van der Waals surface area (Å²) < 4.78 is 38.0. The van der Waals surface area contributed by atoms with Gasteiger partial charge in [-0.2, -0.15) is 13.2 Å². The molecule has 0 bridgehead atoms. The van der Waals surface area contributed by atoms with Crippen molar-refractivity contribution in [2.45, 2.75) is 19.1 Å². The van der Waals surface area contributed by atoms with Gasteiger partial charge in [-0.25, -0.2) is 4.98 Å². The maximum Gasteiger partial charge on any atom is 0.416 e. The molecule has 1 amide bonds. The maximum atomic E-state index is 12.7. The highest BCUT2D eigenvalue weighted by molar-refractivity contribution is 5.92. The van der Waals surface area contributed by atoms with E-state index >= 15 is 0 Å². The van der Waals surface area contributed by atoms with Crippen LogP contribution in [-0.2, 0) is 6.18 Å². The Kier molecular flexibility index (Phi) is 4.21. The third kappa shape index (κ3) is 3.77. The van der Waals surface area contributed by atoms with Crippen LogP contribution in [0.2, 0.25) is 0 Å². The normalized spacial score (nSPS) is 12.8. The highest BCUT2D eigenvalue weighted by atomic mass is 19.4. The number of carbonyl (C=O) groups excluding carboxylic acids is 1. The standard InChI is InChI=1S/C14H12F3N3O/c1-9(20-13(21)12-8-18-5-6-19-12)10-3-2-4-11(7-10)14(15,16)17/h2-9H,1H3,(H,20,21)/t9-/m0/s1. The lowest BCUT2D eigenvalue weighted by atomic mass is 10.0. The van der Waals surface area contributed by atoms with Gasteiger partial charge in [-0.1, -0.05) is 12.1 Å². The van der Waals surface area contributed by atoms with Gasteiger partial charge in [0.05, 0.1) is 17.8 Å². The summed E-state index contributed by atoms with van der Waals surface area (Å²) in [6.45, 7) is 1.60. The van der Waals surface area contributed by atoms with Gasteiger partial charge in [0.2, 0.25) is 0 Å². The summed E-state index contributed by atoms with van der Waals surface area (Å²) in [6, 6.07) is 4.25. The van der Waals surface area contributed by atoms with Gasteiger partial charge in [0.15, 0.2) is 0 Å². The summed E-state index contributed by atoms with van der Waals surface area (Å²) in [5.41, 5.74) is -0.279. The molecule has 21 heavy (non-hydrogen) atoms. The highest BCUT2D eigenvalue weighted by Gasteiger charge is 2.30. The predicted octanol–water partition coefficient (Wildman–Crippen LogP) is 2.99. The molecule has 110 valence electrons. The zero-order valence-electron chi connectivity index (χ0n) is 11.1. The molecule has 1 heterocycles. The smallest absolute Gasteiger partial charge is 0.344 e. The first-order chi connectivity index (χ1) is 9.88. The molecule has 0 saturated carbocycles. The van der Waals surface area contributed by atoms with Gasteiger partial charge in [0.1, 0.15) is 5.69 Å². The minimum absolute atomic E-state index is 0.108. The number of nitrogens with zero attached hydrogens (tertiary/aromatic N) is 2. The molecule has 1 atom stereocenters. The van der Waals surface area contributed by atoms with E-state index in [0.717, 1.165) is 12.1 Å². The number of halogens is 3. The van der Waals surface area contributed by atoms with Crippen LogP contribution in [-0.4, -0.2) is 15.9 Å². The Hall–Kier alpha value is -2.44. The van der Waals surface area contributed by atoms with Crippen LogP contribution in [0.4, 0.5) is 13.2 Å². The Morgan fingerprint density at radius 3 is 2.67 bits per heavy atom. The van der Waals surface area contributed by atoms with Crippen molar-refractivity contribution in [2.24, 2.45) is 0 Å². The number of rotatable bonds is 3. The van der Waals surface area contributed by atoms with E-state index in [1.54, 1.807) is 6.92 Å². The van der Waals surface area contributed by atoms with E-state index in [0.29, 0.717) is 5.56 Å². The van der Waals surface area contributed by atoms with Crippen LogP contribution in [0.15, 0.2) is 42.9 Å². The number of amides is 1. The van der Waals surface area contributed by atoms with Gasteiger partial charge >= 0.3 is 6.18 Å². The molecule has 2 aromatic rings. The van der Waals surface area contributed by atoms with Crippen molar-refractivity contribution < 1.29 is 18.0 Å². The molecule has 0 aliphatic rings. The fourth-order valence-electron chi connectivity index (χ4n) is 1.75. The topological polar surface area (TPSA) is 54.9 Å². The molecule has 0 saturated heterocycles. The summed E-state index contributed by atoms with van der Waals surface area (Å²) in [6.07, 6.45) is -0.338. The van der Waals surface area contributed by atoms with Crippen LogP contribution in [0.25, 0.3) is 0 Å². The molecular formula is C14H12F3N3O. The lowest BCUT2D eigenvalue weighted by Crippen LogP contribution is -2.27. The fourth-order valence-corrected chi connectivity index (χ4v) is 1.75. The van der Waals surface area contributed by atoms with Crippen molar-refractivity contribution in [3.63, 3.8) is 0 Å². The molecule has 0 fully saturated rings. The molecule has 0 aliphatic heterocycles. The molecule has 1 aromatic heterocycles. The maximum absolute atomic E-state index is 12.7. The number of benzene rings is 1. The van der Waals surface area contributed by atoms with E-state index in [9.17, 15) is 18.0 Å². The van der Waals surface area contributed by atoms with E-state index in [-0.39, 0.29) is 5.69 Å². The first-order valence-corrected chi connectivity index (χ1v) is 6.12. The largest absolute Gasteiger partial charge is 0.416 e. The second-order valence-electron chi connectivity index (χ2n) is 4.41. The number of nitrogens with one attached hydrogen (secondary N) is 1. The van der Waals surface area contributed by atoms with Crippen LogP contribution in [0.5, 0.6) is 0 Å². The number of carbonyl (C=O) groups is 1. The second-order valence-corrected chi connectivity index (χ2v) is 4.41. The molecule has 7 heteroatoms. The van der Waals surface area contributed by atoms with Crippen molar-refractivity contribution >= 4 is 5.91 Å². The van der Waals surface area contributed by atoms with Gasteiger partial charge in [-0.05, 0) is 24.6 Å². The van der Waals surface area contributed by atoms with E-state index in [1.807, 2.05) is 0 Å². The highest BCUT2D eigenvalue weighted by Crippen LogP contribution is 2.30. The monoisotopic (exact) mass is 295 g/mol. The fraction of sp³-hybridized carbons (Fsp3) is 0.214. The third-order valence-electron chi connectivity index (χ3n) is 2.86. The molecule has 0 aliphatic carbocycles. The first-order valence-electron chi connectivity index (χ1n) is 6.12. The predicted molar refractivity (Wildman–Crippen MR) is 69.4 cm³/mol. The SMILES string of the molecule is C[C@H](NC(=O)c1cnccn1)c1cccc(C(F)(F)F)c1. The zero-order valence-corrected chi connectivity index (χ0v) is 11.1. The third-order valence-corrected chi connectivity index (χ3v) is 2.86. The van der Waals surface area contributed by atoms with Crippen molar-refractivity contribution in [2.75, 3.05) is 0 Å². The second kappa shape index (κ2) is 5.90. The molecule has 1 N–H and O–H groups in total. The van der Waals surface area contributed by atoms with Crippen molar-refractivity contribution in [3.8, 4) is 0 Å². The first kappa shape index (κ1) is 15.0. The van der Waals surface area contributed by atoms with Crippen LogP contribution >= 0.6 is 0 Å². The average Bonchev–Trinajstić information content (AvgIpc) is 2.47. The summed E-state index contributed by atoms with van der Waals surface area (Å²) >= 11 is 0. The van der Waals surface area contributed by atoms with Gasteiger partial charge in [0.25, 0.3) is 5.91 Å². The van der Waals surface area contributed by atoms with Crippen molar-refractivity contribution in [1.29, 1.82) is 0 Å². The number of hydrogen-bond acceptors (Lipinski definition) is 3.